The molecule has 2 aromatic rings. The lowest BCUT2D eigenvalue weighted by atomic mass is 10.0. The fourth-order valence-electron chi connectivity index (χ4n) is 3.44. The minimum absolute atomic E-state index is 0.00891. The molecule has 2 rings (SSSR count). The first-order valence-corrected chi connectivity index (χ1v) is 12.3. The lowest BCUT2D eigenvalue weighted by Gasteiger charge is -2.24. The second-order valence-corrected chi connectivity index (χ2v) is 9.01. The zero-order chi connectivity index (χ0) is 29.1. The molecule has 0 saturated carbocycles. The van der Waals surface area contributed by atoms with Gasteiger partial charge in [-0.1, -0.05) is 24.3 Å². The van der Waals surface area contributed by atoms with E-state index in [1.165, 1.54) is 48.5 Å². The molecule has 4 atom stereocenters. The average molecular weight is 563 g/mol. The van der Waals surface area contributed by atoms with Gasteiger partial charge in [-0.2, -0.15) is 12.6 Å². The molecular weight excluding hydrogens is 532 g/mol. The number of carbonyl (C=O) groups is 5. The molecule has 210 valence electrons. The average Bonchev–Trinajstić information content (AvgIpc) is 2.88. The van der Waals surface area contributed by atoms with Crippen molar-refractivity contribution < 1.29 is 44.4 Å². The minimum atomic E-state index is -1.45. The van der Waals surface area contributed by atoms with Crippen LogP contribution in [0, 0.1) is 0 Å². The first-order valence-electron chi connectivity index (χ1n) is 11.7. The molecule has 0 heterocycles. The fourth-order valence-corrected chi connectivity index (χ4v) is 3.70. The number of aliphatic carboxylic acids is 2. The second kappa shape index (κ2) is 14.6. The number of rotatable bonds is 14. The molecule has 0 bridgehead atoms. The number of amides is 3. The van der Waals surface area contributed by atoms with Crippen molar-refractivity contribution in [2.24, 2.45) is 5.73 Å². The quantitative estimate of drug-likeness (QED) is 0.130. The smallest absolute Gasteiger partial charge is 0.326 e. The van der Waals surface area contributed by atoms with E-state index in [4.69, 9.17) is 10.8 Å². The fraction of sp³-hybridized carbons (Fsp3) is 0.320. The molecule has 3 amide bonds. The number of hydrogen-bond donors (Lipinski definition) is 9. The van der Waals surface area contributed by atoms with E-state index in [9.17, 15) is 39.3 Å². The van der Waals surface area contributed by atoms with Crippen molar-refractivity contribution >= 4 is 42.3 Å². The largest absolute Gasteiger partial charge is 0.508 e. The maximum Gasteiger partial charge on any atom is 0.326 e. The first-order chi connectivity index (χ1) is 18.4. The monoisotopic (exact) mass is 562 g/mol. The number of aromatic hydroxyl groups is 2. The Kier molecular flexibility index (Phi) is 11.6. The summed E-state index contributed by atoms with van der Waals surface area (Å²) in [6, 6.07) is 6.08. The van der Waals surface area contributed by atoms with Crippen molar-refractivity contribution in [3.63, 3.8) is 0 Å². The molecule has 0 aromatic heterocycles. The molecule has 0 aliphatic heterocycles. The normalized spacial score (nSPS) is 13.8. The molecule has 0 aliphatic rings. The molecule has 14 heteroatoms. The number of benzene rings is 2. The lowest BCUT2D eigenvalue weighted by Crippen LogP contribution is -2.58. The number of thiol groups is 1. The van der Waals surface area contributed by atoms with E-state index in [2.05, 4.69) is 28.6 Å². The first kappa shape index (κ1) is 30.9. The Morgan fingerprint density at radius 3 is 1.54 bits per heavy atom. The molecule has 39 heavy (non-hydrogen) atoms. The summed E-state index contributed by atoms with van der Waals surface area (Å²) in [7, 11) is 0. The van der Waals surface area contributed by atoms with E-state index in [0.717, 1.165) is 0 Å². The van der Waals surface area contributed by atoms with E-state index in [-0.39, 0.29) is 30.1 Å². The number of nitrogens with two attached hydrogens (primary N) is 1. The Bertz CT molecular complexity index is 1180. The molecular formula is C25H30N4O9S. The zero-order valence-corrected chi connectivity index (χ0v) is 21.5. The van der Waals surface area contributed by atoms with Gasteiger partial charge in [0.15, 0.2) is 0 Å². The summed E-state index contributed by atoms with van der Waals surface area (Å²) in [6.07, 6.45) is -0.884. The highest BCUT2D eigenvalue weighted by molar-refractivity contribution is 7.80. The molecule has 9 N–H and O–H groups in total. The number of carboxylic acids is 2. The van der Waals surface area contributed by atoms with Crippen molar-refractivity contribution in [2.75, 3.05) is 5.75 Å². The van der Waals surface area contributed by atoms with Gasteiger partial charge in [0.2, 0.25) is 17.7 Å². The van der Waals surface area contributed by atoms with E-state index in [0.29, 0.717) is 11.1 Å². The molecule has 0 aliphatic carbocycles. The Morgan fingerprint density at radius 1 is 0.692 bits per heavy atom. The van der Waals surface area contributed by atoms with Gasteiger partial charge in [0.25, 0.3) is 0 Å². The molecule has 2 aromatic carbocycles. The summed E-state index contributed by atoms with van der Waals surface area (Å²) in [6.45, 7) is 0. The maximum atomic E-state index is 13.1. The number of carbonyl (C=O) groups excluding carboxylic acids is 3. The lowest BCUT2D eigenvalue weighted by molar-refractivity contribution is -0.142. The van der Waals surface area contributed by atoms with Gasteiger partial charge in [-0.25, -0.2) is 4.79 Å². The van der Waals surface area contributed by atoms with Gasteiger partial charge in [-0.15, -0.1) is 0 Å². The Morgan fingerprint density at radius 2 is 1.10 bits per heavy atom. The summed E-state index contributed by atoms with van der Waals surface area (Å²) in [5, 5.41) is 44.5. The highest BCUT2D eigenvalue weighted by atomic mass is 32.1. The number of phenols is 2. The van der Waals surface area contributed by atoms with Gasteiger partial charge in [0, 0.05) is 18.6 Å². The third-order valence-corrected chi connectivity index (χ3v) is 5.91. The highest BCUT2D eigenvalue weighted by Crippen LogP contribution is 2.13. The van der Waals surface area contributed by atoms with E-state index >= 15 is 0 Å². The number of phenolic OH excluding ortho intramolecular Hbond substituents is 2. The SMILES string of the molecule is NC(CC(=O)O)C(=O)NC(Cc1ccc(O)cc1)C(=O)NC(CS)C(=O)NC(Cc1ccc(O)cc1)C(=O)O. The van der Waals surface area contributed by atoms with Gasteiger partial charge in [-0.3, -0.25) is 19.2 Å². The highest BCUT2D eigenvalue weighted by Gasteiger charge is 2.30. The third kappa shape index (κ3) is 10.2. The minimum Gasteiger partial charge on any atom is -0.508 e. The van der Waals surface area contributed by atoms with Crippen LogP contribution in [0.25, 0.3) is 0 Å². The van der Waals surface area contributed by atoms with Gasteiger partial charge in [-0.05, 0) is 35.4 Å². The van der Waals surface area contributed by atoms with Crippen LogP contribution in [0.5, 0.6) is 11.5 Å². The van der Waals surface area contributed by atoms with Crippen molar-refractivity contribution in [3.8, 4) is 11.5 Å². The van der Waals surface area contributed by atoms with Gasteiger partial charge >= 0.3 is 11.9 Å². The van der Waals surface area contributed by atoms with Crippen molar-refractivity contribution in [2.45, 2.75) is 43.4 Å². The van der Waals surface area contributed by atoms with Crippen LogP contribution in [-0.2, 0) is 36.8 Å². The Hall–Kier alpha value is -4.30. The van der Waals surface area contributed by atoms with Crippen LogP contribution >= 0.6 is 12.6 Å². The Balaban J connectivity index is 2.16. The predicted octanol–water partition coefficient (Wildman–Crippen LogP) is -0.846. The van der Waals surface area contributed by atoms with Gasteiger partial charge in [0.05, 0.1) is 12.5 Å². The van der Waals surface area contributed by atoms with Crippen molar-refractivity contribution in [1.29, 1.82) is 0 Å². The molecule has 0 saturated heterocycles. The second-order valence-electron chi connectivity index (χ2n) is 8.65. The molecule has 13 nitrogen and oxygen atoms in total. The van der Waals surface area contributed by atoms with Crippen LogP contribution in [-0.4, -0.2) is 80.0 Å². The predicted molar refractivity (Wildman–Crippen MR) is 141 cm³/mol. The summed E-state index contributed by atoms with van der Waals surface area (Å²) in [5.41, 5.74) is 6.66. The number of carboxylic acid groups (broad SMARTS) is 2. The summed E-state index contributed by atoms with van der Waals surface area (Å²) in [4.78, 5) is 61.1. The van der Waals surface area contributed by atoms with Crippen LogP contribution in [0.1, 0.15) is 17.5 Å². The van der Waals surface area contributed by atoms with Crippen molar-refractivity contribution in [1.82, 2.24) is 16.0 Å². The van der Waals surface area contributed by atoms with Crippen LogP contribution in [0.2, 0.25) is 0 Å². The molecule has 0 radical (unpaired) electrons. The third-order valence-electron chi connectivity index (χ3n) is 5.55. The van der Waals surface area contributed by atoms with Crippen molar-refractivity contribution in [3.05, 3.63) is 59.7 Å². The van der Waals surface area contributed by atoms with Crippen LogP contribution in [0.4, 0.5) is 0 Å². The summed E-state index contributed by atoms with van der Waals surface area (Å²) >= 11 is 4.08. The van der Waals surface area contributed by atoms with E-state index in [1.54, 1.807) is 0 Å². The summed E-state index contributed by atoms with van der Waals surface area (Å²) < 4.78 is 0. The summed E-state index contributed by atoms with van der Waals surface area (Å²) in [5.74, 6) is -5.50. The van der Waals surface area contributed by atoms with Gasteiger partial charge < -0.3 is 42.1 Å². The number of hydrogen-bond acceptors (Lipinski definition) is 9. The van der Waals surface area contributed by atoms with Gasteiger partial charge in [0.1, 0.15) is 29.6 Å². The van der Waals surface area contributed by atoms with Crippen LogP contribution < -0.4 is 21.7 Å². The molecule has 4 unspecified atom stereocenters. The molecule has 0 spiro atoms. The zero-order valence-electron chi connectivity index (χ0n) is 20.6. The number of nitrogens with one attached hydrogen (secondary N) is 3. The maximum absolute atomic E-state index is 13.1. The molecule has 0 fully saturated rings. The van der Waals surface area contributed by atoms with E-state index < -0.39 is 60.2 Å². The van der Waals surface area contributed by atoms with Crippen LogP contribution in [0.3, 0.4) is 0 Å². The Labute approximate surface area is 228 Å². The van der Waals surface area contributed by atoms with E-state index in [1.807, 2.05) is 0 Å². The van der Waals surface area contributed by atoms with Crippen LogP contribution in [0.15, 0.2) is 48.5 Å². The standard InChI is InChI=1S/C25H30N4O9S/c26-17(11-21(32)33)22(34)27-18(9-13-1-5-15(30)6-2-13)23(35)29-20(12-39)24(36)28-19(25(37)38)10-14-3-7-16(31)8-4-14/h1-8,17-20,30-31,39H,9-12,26H2,(H,27,34)(H,28,36)(H,29,35)(H,32,33)(H,37,38). The topological polar surface area (TPSA) is 228 Å².